The monoisotopic (exact) mass is 383 g/mol. The van der Waals surface area contributed by atoms with Crippen molar-refractivity contribution in [2.45, 2.75) is 70.7 Å². The summed E-state index contributed by atoms with van der Waals surface area (Å²) in [5.74, 6) is 0. The molecule has 0 aromatic carbocycles. The number of nitrogens with zero attached hydrogens (tertiary/aromatic N) is 2. The van der Waals surface area contributed by atoms with E-state index in [-0.39, 0.29) is 17.2 Å². The molecule has 1 aromatic rings. The van der Waals surface area contributed by atoms with Crippen molar-refractivity contribution in [3.63, 3.8) is 0 Å². The highest BCUT2D eigenvalue weighted by atomic mass is 28.4. The summed E-state index contributed by atoms with van der Waals surface area (Å²) in [6.07, 6.45) is 0.607. The molecule has 1 saturated heterocycles. The van der Waals surface area contributed by atoms with Crippen LogP contribution in [0.1, 0.15) is 39.0 Å². The molecular formula is C17H29N3O5Si. The molecule has 8 nitrogen and oxygen atoms in total. The van der Waals surface area contributed by atoms with Gasteiger partial charge in [-0.2, -0.15) is 0 Å². The van der Waals surface area contributed by atoms with Crippen LogP contribution in [-0.2, 0) is 14.0 Å². The lowest BCUT2D eigenvalue weighted by molar-refractivity contribution is -0.0587. The van der Waals surface area contributed by atoms with Crippen LogP contribution in [-0.4, -0.2) is 43.4 Å². The molecule has 0 amide bonds. The molecule has 0 spiro atoms. The first kappa shape index (κ1) is 20.6. The Morgan fingerprint density at radius 2 is 2.08 bits per heavy atom. The van der Waals surface area contributed by atoms with E-state index in [4.69, 9.17) is 14.0 Å². The average Bonchev–Trinajstić information content (AvgIpc) is 2.91. The molecule has 26 heavy (non-hydrogen) atoms. The van der Waals surface area contributed by atoms with Crippen LogP contribution in [0.4, 0.5) is 0 Å². The van der Waals surface area contributed by atoms with Gasteiger partial charge >= 0.3 is 5.69 Å². The molecule has 1 aliphatic heterocycles. The molecule has 0 saturated carbocycles. The van der Waals surface area contributed by atoms with Crippen LogP contribution < -0.4 is 11.2 Å². The molecule has 146 valence electrons. The van der Waals surface area contributed by atoms with Crippen molar-refractivity contribution in [2.75, 3.05) is 6.61 Å². The van der Waals surface area contributed by atoms with Gasteiger partial charge in [0.2, 0.25) is 0 Å². The smallest absolute Gasteiger partial charge is 0.330 e. The van der Waals surface area contributed by atoms with Crippen LogP contribution in [0, 0.1) is 6.92 Å². The standard InChI is InChI=1S/C17H29N3O5Si/c1-11-9-20(16(22)19-15(11)21)14-8-12(25-18-5)13(24-14)10-23-26(6,7)17(2,3)4/h9,12-14H,5,8,10H2,1-4,6-7H3,(H,19,21,22)/t12?,13-,14-/m1/s1. The average molecular weight is 384 g/mol. The van der Waals surface area contributed by atoms with Gasteiger partial charge in [0.1, 0.15) is 12.3 Å². The Hall–Kier alpha value is -1.71. The number of oxime groups is 1. The summed E-state index contributed by atoms with van der Waals surface area (Å²) in [4.78, 5) is 31.3. The fourth-order valence-corrected chi connectivity index (χ4v) is 3.55. The van der Waals surface area contributed by atoms with Gasteiger partial charge in [0, 0.05) is 24.9 Å². The highest BCUT2D eigenvalue weighted by molar-refractivity contribution is 6.74. The summed E-state index contributed by atoms with van der Waals surface area (Å²) in [5, 5.41) is 3.60. The Kier molecular flexibility index (Phi) is 5.94. The molecule has 1 fully saturated rings. The number of ether oxygens (including phenoxy) is 1. The minimum Gasteiger partial charge on any atom is -0.414 e. The third-order valence-corrected chi connectivity index (χ3v) is 9.76. The number of nitrogens with one attached hydrogen (secondary N) is 1. The highest BCUT2D eigenvalue weighted by Gasteiger charge is 2.42. The Balaban J connectivity index is 2.18. The van der Waals surface area contributed by atoms with Gasteiger partial charge in [-0.1, -0.05) is 20.8 Å². The molecule has 0 aliphatic carbocycles. The lowest BCUT2D eigenvalue weighted by atomic mass is 10.2. The maximum Gasteiger partial charge on any atom is 0.330 e. The summed E-state index contributed by atoms with van der Waals surface area (Å²) < 4.78 is 13.6. The number of aromatic amines is 1. The van der Waals surface area contributed by atoms with Gasteiger partial charge < -0.3 is 14.0 Å². The maximum atomic E-state index is 12.1. The Morgan fingerprint density at radius 1 is 1.42 bits per heavy atom. The summed E-state index contributed by atoms with van der Waals surface area (Å²) in [5.41, 5.74) is -0.474. The molecule has 1 aromatic heterocycles. The second kappa shape index (κ2) is 7.49. The van der Waals surface area contributed by atoms with E-state index in [1.54, 1.807) is 6.92 Å². The summed E-state index contributed by atoms with van der Waals surface area (Å²) in [6, 6.07) is 0. The minimum absolute atomic E-state index is 0.0744. The summed E-state index contributed by atoms with van der Waals surface area (Å²) in [6.45, 7) is 16.2. The van der Waals surface area contributed by atoms with E-state index in [9.17, 15) is 9.59 Å². The second-order valence-electron chi connectivity index (χ2n) is 8.19. The number of H-pyrrole nitrogens is 1. The van der Waals surface area contributed by atoms with Crippen LogP contribution in [0.5, 0.6) is 0 Å². The largest absolute Gasteiger partial charge is 0.414 e. The SMILES string of the molecule is C=NOC1C[C@H](n2cc(C)c(=O)[nH]c2=O)O[C@@H]1CO[Si](C)(C)C(C)(C)C. The van der Waals surface area contributed by atoms with Crippen molar-refractivity contribution in [3.05, 3.63) is 32.6 Å². The lowest BCUT2D eigenvalue weighted by Crippen LogP contribution is -2.44. The zero-order chi connectivity index (χ0) is 19.7. The molecular weight excluding hydrogens is 354 g/mol. The summed E-state index contributed by atoms with van der Waals surface area (Å²) >= 11 is 0. The summed E-state index contributed by atoms with van der Waals surface area (Å²) in [7, 11) is -1.95. The topological polar surface area (TPSA) is 94.9 Å². The molecule has 3 atom stereocenters. The van der Waals surface area contributed by atoms with Crippen molar-refractivity contribution in [2.24, 2.45) is 5.16 Å². The predicted octanol–water partition coefficient (Wildman–Crippen LogP) is 2.16. The van der Waals surface area contributed by atoms with Gasteiger partial charge in [0.15, 0.2) is 14.4 Å². The van der Waals surface area contributed by atoms with E-state index < -0.39 is 25.8 Å². The highest BCUT2D eigenvalue weighted by Crippen LogP contribution is 2.38. The molecule has 1 unspecified atom stereocenters. The molecule has 2 rings (SSSR count). The number of hydrogen-bond acceptors (Lipinski definition) is 6. The van der Waals surface area contributed by atoms with Crippen LogP contribution in [0.3, 0.4) is 0 Å². The van der Waals surface area contributed by atoms with Gasteiger partial charge in [-0.05, 0) is 25.1 Å². The third kappa shape index (κ3) is 4.33. The number of aromatic nitrogens is 2. The predicted molar refractivity (Wildman–Crippen MR) is 102 cm³/mol. The van der Waals surface area contributed by atoms with E-state index in [2.05, 4.69) is 50.7 Å². The van der Waals surface area contributed by atoms with Crippen molar-refractivity contribution in [3.8, 4) is 0 Å². The second-order valence-corrected chi connectivity index (χ2v) is 13.0. The Morgan fingerprint density at radius 3 is 2.65 bits per heavy atom. The third-order valence-electron chi connectivity index (χ3n) is 5.26. The van der Waals surface area contributed by atoms with Gasteiger partial charge in [-0.15, -0.1) is 5.16 Å². The van der Waals surface area contributed by atoms with E-state index in [0.29, 0.717) is 18.6 Å². The van der Waals surface area contributed by atoms with Crippen LogP contribution in [0.25, 0.3) is 0 Å². The van der Waals surface area contributed by atoms with Crippen molar-refractivity contribution in [1.82, 2.24) is 9.55 Å². The van der Waals surface area contributed by atoms with E-state index in [1.807, 2.05) is 0 Å². The van der Waals surface area contributed by atoms with Crippen LogP contribution in [0.2, 0.25) is 18.1 Å². The van der Waals surface area contributed by atoms with Gasteiger partial charge in [0.05, 0.1) is 6.61 Å². The Labute approximate surface area is 154 Å². The molecule has 0 bridgehead atoms. The normalized spacial score (nSPS) is 23.8. The van der Waals surface area contributed by atoms with Gasteiger partial charge in [-0.25, -0.2) is 4.79 Å². The van der Waals surface area contributed by atoms with E-state index in [0.717, 1.165) is 0 Å². The molecule has 1 N–H and O–H groups in total. The number of hydrogen-bond donors (Lipinski definition) is 1. The molecule has 9 heteroatoms. The molecule has 1 aliphatic rings. The number of rotatable bonds is 6. The van der Waals surface area contributed by atoms with E-state index >= 15 is 0 Å². The molecule has 0 radical (unpaired) electrons. The zero-order valence-electron chi connectivity index (χ0n) is 16.4. The lowest BCUT2D eigenvalue weighted by Gasteiger charge is -2.37. The first-order valence-electron chi connectivity index (χ1n) is 8.69. The van der Waals surface area contributed by atoms with Gasteiger partial charge in [-0.3, -0.25) is 14.3 Å². The van der Waals surface area contributed by atoms with Crippen molar-refractivity contribution < 1.29 is 14.0 Å². The van der Waals surface area contributed by atoms with E-state index in [1.165, 1.54) is 10.8 Å². The fourth-order valence-electron chi connectivity index (χ4n) is 2.53. The maximum absolute atomic E-state index is 12.1. The van der Waals surface area contributed by atoms with Crippen LogP contribution >= 0.6 is 0 Å². The van der Waals surface area contributed by atoms with Gasteiger partial charge in [0.25, 0.3) is 5.56 Å². The number of aryl methyl sites for hydroxylation is 1. The fraction of sp³-hybridized carbons (Fsp3) is 0.706. The minimum atomic E-state index is -1.95. The van der Waals surface area contributed by atoms with Crippen LogP contribution in [0.15, 0.2) is 20.9 Å². The first-order valence-corrected chi connectivity index (χ1v) is 11.6. The molecule has 2 heterocycles. The zero-order valence-corrected chi connectivity index (χ0v) is 17.4. The van der Waals surface area contributed by atoms with Crippen molar-refractivity contribution >= 4 is 15.0 Å². The quantitative estimate of drug-likeness (QED) is 0.461. The Bertz CT molecular complexity index is 765. The van der Waals surface area contributed by atoms with Crippen molar-refractivity contribution in [1.29, 1.82) is 0 Å². The first-order chi connectivity index (χ1) is 12.0.